The second-order valence-electron chi connectivity index (χ2n) is 9.08. The minimum atomic E-state index is 0.374. The molecule has 0 aliphatic carbocycles. The van der Waals surface area contributed by atoms with Crippen molar-refractivity contribution in [1.82, 2.24) is 30.1 Å². The number of piperazine rings is 1. The predicted octanol–water partition coefficient (Wildman–Crippen LogP) is 2.43. The van der Waals surface area contributed by atoms with Gasteiger partial charge in [0, 0.05) is 89.2 Å². The van der Waals surface area contributed by atoms with Crippen molar-refractivity contribution in [2.75, 3.05) is 70.2 Å². The van der Waals surface area contributed by atoms with Crippen molar-refractivity contribution in [3.05, 3.63) is 60.4 Å². The average molecular weight is 475 g/mol. The topological polar surface area (TPSA) is 90.5 Å². The van der Waals surface area contributed by atoms with Crippen molar-refractivity contribution >= 4 is 17.5 Å². The van der Waals surface area contributed by atoms with Gasteiger partial charge >= 0.3 is 0 Å². The predicted molar refractivity (Wildman–Crippen MR) is 139 cm³/mol. The summed E-state index contributed by atoms with van der Waals surface area (Å²) in [7, 11) is 1.79. The second kappa shape index (κ2) is 11.5. The first-order valence-electron chi connectivity index (χ1n) is 12.3. The van der Waals surface area contributed by atoms with E-state index in [1.807, 2.05) is 24.4 Å². The van der Waals surface area contributed by atoms with Gasteiger partial charge in [0.2, 0.25) is 5.95 Å². The summed E-state index contributed by atoms with van der Waals surface area (Å²) in [5.41, 5.74) is 4.06. The number of aromatic nitrogens is 3. The SMILES string of the molecule is COCC1CNCCNc2ccc(cn2)-c2ccnc(n2)Nc2cccc(c2)CN2CCN1CC2. The number of pyridine rings is 1. The van der Waals surface area contributed by atoms with Crippen LogP contribution in [0.5, 0.6) is 0 Å². The van der Waals surface area contributed by atoms with Gasteiger partial charge in [0.1, 0.15) is 5.82 Å². The maximum absolute atomic E-state index is 5.54. The first-order chi connectivity index (χ1) is 17.3. The molecule has 8 rings (SSSR count). The number of benzene rings is 1. The lowest BCUT2D eigenvalue weighted by Crippen LogP contribution is -2.54. The molecular weight excluding hydrogens is 440 g/mol. The van der Waals surface area contributed by atoms with E-state index in [0.29, 0.717) is 12.0 Å². The number of hydrogen-bond donors (Lipinski definition) is 3. The highest BCUT2D eigenvalue weighted by molar-refractivity contribution is 5.62. The highest BCUT2D eigenvalue weighted by Crippen LogP contribution is 2.21. The number of ether oxygens (including phenoxy) is 1. The molecule has 0 amide bonds. The van der Waals surface area contributed by atoms with E-state index < -0.39 is 0 Å². The molecule has 35 heavy (non-hydrogen) atoms. The Bertz CT molecular complexity index is 1080. The molecule has 1 fully saturated rings. The van der Waals surface area contributed by atoms with E-state index in [4.69, 9.17) is 9.72 Å². The molecule has 9 heteroatoms. The van der Waals surface area contributed by atoms with Gasteiger partial charge in [0.25, 0.3) is 0 Å². The summed E-state index contributed by atoms with van der Waals surface area (Å²) in [5, 5.41) is 10.4. The summed E-state index contributed by atoms with van der Waals surface area (Å²) >= 11 is 0. The normalized spacial score (nSPS) is 22.9. The molecule has 5 aliphatic rings. The maximum Gasteiger partial charge on any atom is 0.227 e. The fourth-order valence-corrected chi connectivity index (χ4v) is 4.68. The van der Waals surface area contributed by atoms with Crippen LogP contribution in [0, 0.1) is 0 Å². The molecule has 5 aliphatic heterocycles. The molecule has 0 spiro atoms. The lowest BCUT2D eigenvalue weighted by atomic mass is 10.1. The summed E-state index contributed by atoms with van der Waals surface area (Å²) in [5.74, 6) is 1.43. The van der Waals surface area contributed by atoms with Crippen LogP contribution in [0.15, 0.2) is 54.9 Å². The summed E-state index contributed by atoms with van der Waals surface area (Å²) < 4.78 is 5.54. The summed E-state index contributed by atoms with van der Waals surface area (Å²) in [6.07, 6.45) is 3.63. The smallest absolute Gasteiger partial charge is 0.227 e. The molecule has 3 N–H and O–H groups in total. The van der Waals surface area contributed by atoms with Gasteiger partial charge in [0.15, 0.2) is 0 Å². The van der Waals surface area contributed by atoms with Gasteiger partial charge in [-0.25, -0.2) is 15.0 Å². The van der Waals surface area contributed by atoms with E-state index in [1.165, 1.54) is 5.56 Å². The van der Waals surface area contributed by atoms with Crippen molar-refractivity contribution in [3.8, 4) is 11.3 Å². The Morgan fingerprint density at radius 3 is 2.77 bits per heavy atom. The molecule has 9 nitrogen and oxygen atoms in total. The van der Waals surface area contributed by atoms with Crippen LogP contribution in [0.3, 0.4) is 0 Å². The van der Waals surface area contributed by atoms with E-state index in [-0.39, 0.29) is 0 Å². The summed E-state index contributed by atoms with van der Waals surface area (Å²) in [6, 6.07) is 14.8. The van der Waals surface area contributed by atoms with Crippen LogP contribution >= 0.6 is 0 Å². The fourth-order valence-electron chi connectivity index (χ4n) is 4.68. The third-order valence-corrected chi connectivity index (χ3v) is 6.57. The molecule has 3 aromatic rings. The Balaban J connectivity index is 1.37. The van der Waals surface area contributed by atoms with E-state index >= 15 is 0 Å². The highest BCUT2D eigenvalue weighted by atomic mass is 16.5. The third kappa shape index (κ3) is 6.32. The van der Waals surface area contributed by atoms with E-state index in [9.17, 15) is 0 Å². The largest absolute Gasteiger partial charge is 0.383 e. The Morgan fingerprint density at radius 1 is 1.03 bits per heavy atom. The minimum Gasteiger partial charge on any atom is -0.383 e. The number of hydrogen-bond acceptors (Lipinski definition) is 9. The van der Waals surface area contributed by atoms with Crippen molar-refractivity contribution < 1.29 is 4.74 Å². The fraction of sp³-hybridized carbons (Fsp3) is 0.423. The quantitative estimate of drug-likeness (QED) is 0.518. The van der Waals surface area contributed by atoms with Crippen LogP contribution in [0.2, 0.25) is 0 Å². The lowest BCUT2D eigenvalue weighted by molar-refractivity contribution is 0.0475. The van der Waals surface area contributed by atoms with Gasteiger partial charge in [-0.1, -0.05) is 12.1 Å². The van der Waals surface area contributed by atoms with Gasteiger partial charge < -0.3 is 20.7 Å². The van der Waals surface area contributed by atoms with Crippen LogP contribution in [0.25, 0.3) is 11.3 Å². The van der Waals surface area contributed by atoms with Crippen molar-refractivity contribution in [2.45, 2.75) is 12.6 Å². The van der Waals surface area contributed by atoms with Crippen LogP contribution in [0.4, 0.5) is 17.5 Å². The number of anilines is 3. The Hall–Kier alpha value is -3.11. The van der Waals surface area contributed by atoms with Gasteiger partial charge in [-0.15, -0.1) is 0 Å². The first-order valence-corrected chi connectivity index (χ1v) is 12.3. The van der Waals surface area contributed by atoms with Crippen LogP contribution in [0.1, 0.15) is 5.56 Å². The molecule has 0 saturated carbocycles. The molecule has 1 aromatic carbocycles. The van der Waals surface area contributed by atoms with Gasteiger partial charge in [-0.3, -0.25) is 9.80 Å². The van der Waals surface area contributed by atoms with E-state index in [0.717, 1.165) is 81.7 Å². The number of nitrogens with zero attached hydrogens (tertiary/aromatic N) is 5. The zero-order valence-electron chi connectivity index (χ0n) is 20.3. The maximum atomic E-state index is 5.54. The zero-order valence-corrected chi connectivity index (χ0v) is 20.3. The number of rotatable bonds is 2. The van der Waals surface area contributed by atoms with Crippen molar-refractivity contribution in [2.24, 2.45) is 0 Å². The number of nitrogens with one attached hydrogen (secondary N) is 3. The molecule has 0 radical (unpaired) electrons. The molecular formula is C26H34N8O. The summed E-state index contributed by atoms with van der Waals surface area (Å²) in [6.45, 7) is 8.43. The zero-order chi connectivity index (χ0) is 23.9. The molecule has 7 heterocycles. The standard InChI is InChI=1S/C26H34N8O/c1-35-19-23-17-27-9-10-28-25-6-5-21(16-30-25)24-7-8-29-26(32-24)31-22-4-2-3-20(15-22)18-33-11-13-34(23)14-12-33/h2-8,15-16,23,27H,9-14,17-19H2,1H3,(H,28,30)(H,29,31,32). The molecule has 184 valence electrons. The first kappa shape index (κ1) is 23.6. The average Bonchev–Trinajstić information content (AvgIpc) is 2.89. The molecule has 1 saturated heterocycles. The Morgan fingerprint density at radius 2 is 1.94 bits per heavy atom. The number of methoxy groups -OCH3 is 1. The van der Waals surface area contributed by atoms with Crippen LogP contribution in [-0.2, 0) is 11.3 Å². The minimum absolute atomic E-state index is 0.374. The molecule has 2 aromatic heterocycles. The van der Waals surface area contributed by atoms with Gasteiger partial charge in [-0.05, 0) is 35.9 Å². The lowest BCUT2D eigenvalue weighted by Gasteiger charge is -2.39. The Labute approximate surface area is 206 Å². The monoisotopic (exact) mass is 474 g/mol. The molecule has 1 unspecified atom stereocenters. The van der Waals surface area contributed by atoms with E-state index in [2.05, 4.69) is 60.0 Å². The molecule has 8 bridgehead atoms. The van der Waals surface area contributed by atoms with Gasteiger partial charge in [-0.2, -0.15) is 0 Å². The van der Waals surface area contributed by atoms with Crippen molar-refractivity contribution in [1.29, 1.82) is 0 Å². The summed E-state index contributed by atoms with van der Waals surface area (Å²) in [4.78, 5) is 18.8. The van der Waals surface area contributed by atoms with E-state index in [1.54, 1.807) is 13.3 Å². The van der Waals surface area contributed by atoms with Crippen LogP contribution < -0.4 is 16.0 Å². The molecule has 1 atom stereocenters. The van der Waals surface area contributed by atoms with Crippen LogP contribution in [-0.4, -0.2) is 90.3 Å². The van der Waals surface area contributed by atoms with Gasteiger partial charge in [0.05, 0.1) is 12.3 Å². The highest BCUT2D eigenvalue weighted by Gasteiger charge is 2.23. The van der Waals surface area contributed by atoms with Crippen molar-refractivity contribution in [3.63, 3.8) is 0 Å². The second-order valence-corrected chi connectivity index (χ2v) is 9.08. The Kier molecular flexibility index (Phi) is 7.79. The third-order valence-electron chi connectivity index (χ3n) is 6.57.